The first-order valence-electron chi connectivity index (χ1n) is 12.3. The van der Waals surface area contributed by atoms with E-state index in [-0.39, 0.29) is 28.9 Å². The molecule has 35 heavy (non-hydrogen) atoms. The molecule has 0 aromatic carbocycles. The Morgan fingerprint density at radius 3 is 2.49 bits per heavy atom. The molecule has 2 aliphatic heterocycles. The smallest absolute Gasteiger partial charge is 0.407 e. The minimum atomic E-state index is -2.27. The molecule has 1 saturated carbocycles. The van der Waals surface area contributed by atoms with Gasteiger partial charge in [0.25, 0.3) is 0 Å². The molecule has 1 spiro atoms. The number of carbonyl (C=O) groups is 2. The van der Waals surface area contributed by atoms with Gasteiger partial charge in [0.1, 0.15) is 17.7 Å². The number of urea groups is 1. The first kappa shape index (κ1) is 25.9. The molecule has 3 aliphatic rings. The highest BCUT2D eigenvalue weighted by Gasteiger charge is 2.63. The molecule has 1 aromatic heterocycles. The molecule has 2 saturated heterocycles. The van der Waals surface area contributed by atoms with Gasteiger partial charge in [-0.3, -0.25) is 5.21 Å². The number of hydrogen-bond acceptors (Lipinski definition) is 8. The minimum absolute atomic E-state index is 0.0800. The van der Waals surface area contributed by atoms with E-state index in [2.05, 4.69) is 49.4 Å². The SMILES string of the molecule is CC(C)(C)OC(=O)NC[C@@H](O[Si](C)(C)C(C)(C)C)c1nnc([C@@H]2CC3(CC3)[C@H]3CN2C(=O)N3O)o1. The fourth-order valence-corrected chi connectivity index (χ4v) is 5.83. The highest BCUT2D eigenvalue weighted by atomic mass is 28.4. The van der Waals surface area contributed by atoms with Crippen LogP contribution in [0.4, 0.5) is 9.59 Å². The second-order valence-electron chi connectivity index (χ2n) is 12.6. The fraction of sp³-hybridized carbons (Fsp3) is 0.826. The number of hydrogen-bond donors (Lipinski definition) is 2. The molecule has 11 nitrogen and oxygen atoms in total. The maximum Gasteiger partial charge on any atom is 0.407 e. The lowest BCUT2D eigenvalue weighted by Crippen LogP contribution is -2.44. The second-order valence-corrected chi connectivity index (χ2v) is 17.4. The molecule has 2 N–H and O–H groups in total. The Bertz CT molecular complexity index is 980. The lowest BCUT2D eigenvalue weighted by molar-refractivity contribution is -0.0783. The molecule has 4 rings (SSSR count). The predicted molar refractivity (Wildman–Crippen MR) is 128 cm³/mol. The molecule has 2 bridgehead atoms. The second kappa shape index (κ2) is 8.44. The summed E-state index contributed by atoms with van der Waals surface area (Å²) in [5.74, 6) is 0.579. The average molecular weight is 510 g/mol. The summed E-state index contributed by atoms with van der Waals surface area (Å²) in [7, 11) is -2.27. The van der Waals surface area contributed by atoms with Crippen molar-refractivity contribution in [1.82, 2.24) is 25.5 Å². The van der Waals surface area contributed by atoms with E-state index in [1.165, 1.54) is 0 Å². The molecule has 1 aromatic rings. The molecular weight excluding hydrogens is 470 g/mol. The van der Waals surface area contributed by atoms with Crippen molar-refractivity contribution in [2.75, 3.05) is 13.1 Å². The van der Waals surface area contributed by atoms with Crippen molar-refractivity contribution in [2.45, 2.75) is 103 Å². The maximum absolute atomic E-state index is 12.6. The Hall–Kier alpha value is -2.18. The summed E-state index contributed by atoms with van der Waals surface area (Å²) >= 11 is 0. The number of fused-ring (bicyclic) bond motifs is 3. The summed E-state index contributed by atoms with van der Waals surface area (Å²) in [6.07, 6.45) is 1.38. The lowest BCUT2D eigenvalue weighted by Gasteiger charge is -2.38. The van der Waals surface area contributed by atoms with Crippen LogP contribution in [0.5, 0.6) is 0 Å². The Kier molecular flexibility index (Phi) is 6.25. The number of nitrogens with one attached hydrogen (secondary N) is 1. The number of hydroxylamine groups is 2. The molecular formula is C23H39N5O6Si. The Morgan fingerprint density at radius 2 is 1.91 bits per heavy atom. The van der Waals surface area contributed by atoms with Crippen LogP contribution in [0.3, 0.4) is 0 Å². The average Bonchev–Trinajstić information content (AvgIpc) is 3.21. The van der Waals surface area contributed by atoms with Crippen molar-refractivity contribution >= 4 is 20.4 Å². The molecule has 12 heteroatoms. The van der Waals surface area contributed by atoms with Gasteiger partial charge in [-0.15, -0.1) is 10.2 Å². The van der Waals surface area contributed by atoms with Gasteiger partial charge in [0.2, 0.25) is 11.8 Å². The summed E-state index contributed by atoms with van der Waals surface area (Å²) in [4.78, 5) is 26.6. The zero-order valence-electron chi connectivity index (χ0n) is 22.0. The lowest BCUT2D eigenvalue weighted by atomic mass is 9.85. The Balaban J connectivity index is 1.56. The van der Waals surface area contributed by atoms with Gasteiger partial charge < -0.3 is 23.8 Å². The van der Waals surface area contributed by atoms with Crippen LogP contribution >= 0.6 is 0 Å². The monoisotopic (exact) mass is 509 g/mol. The summed E-state index contributed by atoms with van der Waals surface area (Å²) < 4.78 is 18.1. The number of aromatic nitrogens is 2. The van der Waals surface area contributed by atoms with Crippen LogP contribution in [0.15, 0.2) is 4.42 Å². The van der Waals surface area contributed by atoms with E-state index in [9.17, 15) is 14.8 Å². The Labute approximate surface area is 207 Å². The van der Waals surface area contributed by atoms with Crippen molar-refractivity contribution in [1.29, 1.82) is 0 Å². The highest BCUT2D eigenvalue weighted by Crippen LogP contribution is 2.61. The standard InChI is InChI=1S/C23H39N5O6Si/c1-21(2,3)33-19(29)24-12-15(34-35(7,8)22(4,5)6)18-26-25-17(32-18)14-11-23(9-10-23)16-13-27(14)20(30)28(16)31/h14-16,31H,9-13H2,1-8H3,(H,24,29)/t14-,15+,16+/m0/s1. The van der Waals surface area contributed by atoms with Gasteiger partial charge in [0.05, 0.1) is 12.6 Å². The largest absolute Gasteiger partial charge is 0.444 e. The third kappa shape index (κ3) is 5.05. The van der Waals surface area contributed by atoms with Gasteiger partial charge >= 0.3 is 12.1 Å². The van der Waals surface area contributed by atoms with E-state index in [0.717, 1.165) is 17.9 Å². The zero-order valence-corrected chi connectivity index (χ0v) is 23.0. The van der Waals surface area contributed by atoms with Crippen LogP contribution in [-0.4, -0.2) is 70.5 Å². The van der Waals surface area contributed by atoms with Gasteiger partial charge in [-0.05, 0) is 63.6 Å². The van der Waals surface area contributed by atoms with Gasteiger partial charge in [0, 0.05) is 6.54 Å². The van der Waals surface area contributed by atoms with Gasteiger partial charge in [-0.2, -0.15) is 0 Å². The van der Waals surface area contributed by atoms with Crippen molar-refractivity contribution in [3.05, 3.63) is 11.8 Å². The van der Waals surface area contributed by atoms with E-state index in [1.807, 2.05) is 0 Å². The molecule has 3 atom stereocenters. The van der Waals surface area contributed by atoms with Crippen molar-refractivity contribution < 1.29 is 28.4 Å². The molecule has 3 amide bonds. The van der Waals surface area contributed by atoms with E-state index in [1.54, 1.807) is 25.7 Å². The molecule has 3 fully saturated rings. The maximum atomic E-state index is 12.6. The molecule has 1 aliphatic carbocycles. The van der Waals surface area contributed by atoms with Crippen LogP contribution in [-0.2, 0) is 9.16 Å². The number of nitrogens with zero attached hydrogens (tertiary/aromatic N) is 4. The van der Waals surface area contributed by atoms with Gasteiger partial charge in [0.15, 0.2) is 8.32 Å². The van der Waals surface area contributed by atoms with Crippen LogP contribution < -0.4 is 5.32 Å². The molecule has 0 radical (unpaired) electrons. The van der Waals surface area contributed by atoms with Crippen molar-refractivity contribution in [3.63, 3.8) is 0 Å². The summed E-state index contributed by atoms with van der Waals surface area (Å²) in [6.45, 7) is 16.6. The number of carbonyl (C=O) groups excluding carboxylic acids is 2. The van der Waals surface area contributed by atoms with Crippen molar-refractivity contribution in [2.24, 2.45) is 5.41 Å². The number of ether oxygens (including phenoxy) is 1. The van der Waals surface area contributed by atoms with Crippen LogP contribution in [0.2, 0.25) is 18.1 Å². The number of piperidine rings is 1. The Morgan fingerprint density at radius 1 is 1.26 bits per heavy atom. The third-order valence-electron chi connectivity index (χ3n) is 7.77. The van der Waals surface area contributed by atoms with E-state index in [0.29, 0.717) is 18.9 Å². The normalized spacial score (nSPS) is 24.7. The molecule has 196 valence electrons. The minimum Gasteiger partial charge on any atom is -0.444 e. The molecule has 3 heterocycles. The van der Waals surface area contributed by atoms with Crippen molar-refractivity contribution in [3.8, 4) is 0 Å². The number of rotatable bonds is 6. The topological polar surface area (TPSA) is 130 Å². The van der Waals surface area contributed by atoms with Gasteiger partial charge in [-0.1, -0.05) is 20.8 Å². The van der Waals surface area contributed by atoms with Gasteiger partial charge in [-0.25, -0.2) is 14.7 Å². The fourth-order valence-electron chi connectivity index (χ4n) is 4.58. The van der Waals surface area contributed by atoms with E-state index in [4.69, 9.17) is 13.6 Å². The van der Waals surface area contributed by atoms with E-state index < -0.39 is 38.2 Å². The molecule has 0 unspecified atom stereocenters. The third-order valence-corrected chi connectivity index (χ3v) is 12.3. The summed E-state index contributed by atoms with van der Waals surface area (Å²) in [6, 6.07) is -1.00. The first-order chi connectivity index (χ1) is 16.0. The highest BCUT2D eigenvalue weighted by molar-refractivity contribution is 6.74. The quantitative estimate of drug-likeness (QED) is 0.427. The van der Waals surface area contributed by atoms with Crippen LogP contribution in [0.25, 0.3) is 0 Å². The van der Waals surface area contributed by atoms with Crippen LogP contribution in [0, 0.1) is 5.41 Å². The first-order valence-corrected chi connectivity index (χ1v) is 15.2. The summed E-state index contributed by atoms with van der Waals surface area (Å²) in [5, 5.41) is 22.4. The van der Waals surface area contributed by atoms with Crippen LogP contribution in [0.1, 0.15) is 84.7 Å². The number of amides is 3. The zero-order chi connectivity index (χ0) is 26.0. The summed E-state index contributed by atoms with van der Waals surface area (Å²) in [5.41, 5.74) is -0.718. The van der Waals surface area contributed by atoms with E-state index >= 15 is 0 Å². The number of alkyl carbamates (subject to hydrolysis) is 1. The predicted octanol–water partition coefficient (Wildman–Crippen LogP) is 4.38.